The minimum absolute atomic E-state index is 0.0591. The fourth-order valence-electron chi connectivity index (χ4n) is 1.99. The minimum Gasteiger partial charge on any atom is -0.487 e. The van der Waals surface area contributed by atoms with Gasteiger partial charge in [-0.25, -0.2) is 4.39 Å². The zero-order chi connectivity index (χ0) is 16.7. The number of ether oxygens (including phenoxy) is 2. The SMILES string of the molecule is CC[C@H](COC)NC(=O)c1cc(COc2cccc(F)c2)[nH]n1. The molecule has 1 aromatic heterocycles. The molecule has 2 aromatic rings. The first-order valence-electron chi connectivity index (χ1n) is 7.34. The Morgan fingerprint density at radius 2 is 2.26 bits per heavy atom. The highest BCUT2D eigenvalue weighted by atomic mass is 19.1. The van der Waals surface area contributed by atoms with Crippen LogP contribution in [-0.2, 0) is 11.3 Å². The van der Waals surface area contributed by atoms with Gasteiger partial charge in [-0.15, -0.1) is 0 Å². The van der Waals surface area contributed by atoms with Crippen LogP contribution in [-0.4, -0.2) is 35.9 Å². The van der Waals surface area contributed by atoms with Crippen molar-refractivity contribution in [3.05, 3.63) is 47.5 Å². The Bertz CT molecular complexity index is 645. The lowest BCUT2D eigenvalue weighted by atomic mass is 10.2. The van der Waals surface area contributed by atoms with E-state index in [0.29, 0.717) is 18.1 Å². The highest BCUT2D eigenvalue weighted by Gasteiger charge is 2.15. The van der Waals surface area contributed by atoms with E-state index in [1.807, 2.05) is 6.92 Å². The number of H-pyrrole nitrogens is 1. The maximum Gasteiger partial charge on any atom is 0.272 e. The largest absolute Gasteiger partial charge is 0.487 e. The van der Waals surface area contributed by atoms with Gasteiger partial charge in [0.05, 0.1) is 18.3 Å². The van der Waals surface area contributed by atoms with Gasteiger partial charge in [-0.2, -0.15) is 5.10 Å². The topological polar surface area (TPSA) is 76.2 Å². The van der Waals surface area contributed by atoms with Gasteiger partial charge >= 0.3 is 0 Å². The van der Waals surface area contributed by atoms with Crippen LogP contribution in [0.15, 0.2) is 30.3 Å². The Labute approximate surface area is 134 Å². The molecule has 0 saturated heterocycles. The number of methoxy groups -OCH3 is 1. The second-order valence-electron chi connectivity index (χ2n) is 5.06. The summed E-state index contributed by atoms with van der Waals surface area (Å²) >= 11 is 0. The summed E-state index contributed by atoms with van der Waals surface area (Å²) in [6, 6.07) is 7.40. The van der Waals surface area contributed by atoms with Crippen LogP contribution < -0.4 is 10.1 Å². The Morgan fingerprint density at radius 3 is 2.96 bits per heavy atom. The van der Waals surface area contributed by atoms with E-state index in [2.05, 4.69) is 15.5 Å². The fraction of sp³-hybridized carbons (Fsp3) is 0.375. The van der Waals surface area contributed by atoms with Crippen molar-refractivity contribution in [2.45, 2.75) is 26.0 Å². The number of aromatic amines is 1. The van der Waals surface area contributed by atoms with E-state index in [9.17, 15) is 9.18 Å². The van der Waals surface area contributed by atoms with Crippen molar-refractivity contribution in [3.63, 3.8) is 0 Å². The van der Waals surface area contributed by atoms with Gasteiger partial charge in [0, 0.05) is 13.2 Å². The molecule has 1 amide bonds. The summed E-state index contributed by atoms with van der Waals surface area (Å²) in [6.07, 6.45) is 0.763. The van der Waals surface area contributed by atoms with Gasteiger partial charge in [-0.1, -0.05) is 13.0 Å². The van der Waals surface area contributed by atoms with Gasteiger partial charge in [0.2, 0.25) is 0 Å². The smallest absolute Gasteiger partial charge is 0.272 e. The first kappa shape index (κ1) is 17.0. The maximum atomic E-state index is 13.1. The van der Waals surface area contributed by atoms with Gasteiger partial charge in [0.25, 0.3) is 5.91 Å². The molecule has 1 heterocycles. The summed E-state index contributed by atoms with van der Waals surface area (Å²) in [5.41, 5.74) is 0.900. The number of rotatable bonds is 8. The van der Waals surface area contributed by atoms with Crippen LogP contribution in [0, 0.1) is 5.82 Å². The van der Waals surface area contributed by atoms with E-state index in [0.717, 1.165) is 6.42 Å². The molecule has 124 valence electrons. The number of aromatic nitrogens is 2. The van der Waals surface area contributed by atoms with Crippen LogP contribution in [0.2, 0.25) is 0 Å². The third-order valence-corrected chi connectivity index (χ3v) is 3.25. The molecule has 0 aliphatic rings. The molecule has 0 spiro atoms. The second-order valence-corrected chi connectivity index (χ2v) is 5.06. The minimum atomic E-state index is -0.365. The number of nitrogens with zero attached hydrogens (tertiary/aromatic N) is 1. The molecule has 2 N–H and O–H groups in total. The fourth-order valence-corrected chi connectivity index (χ4v) is 1.99. The molecule has 1 aromatic carbocycles. The Kier molecular flexibility index (Phi) is 6.10. The molecule has 7 heteroatoms. The second kappa shape index (κ2) is 8.28. The highest BCUT2D eigenvalue weighted by molar-refractivity contribution is 5.92. The van der Waals surface area contributed by atoms with Crippen molar-refractivity contribution < 1.29 is 18.7 Å². The lowest BCUT2D eigenvalue weighted by Crippen LogP contribution is -2.37. The lowest BCUT2D eigenvalue weighted by Gasteiger charge is -2.14. The number of amides is 1. The molecule has 0 aliphatic carbocycles. The molecule has 0 radical (unpaired) electrons. The number of carbonyl (C=O) groups excluding carboxylic acids is 1. The van der Waals surface area contributed by atoms with Crippen LogP contribution in [0.1, 0.15) is 29.5 Å². The summed E-state index contributed by atoms with van der Waals surface area (Å²) in [5, 5.41) is 9.54. The van der Waals surface area contributed by atoms with E-state index in [4.69, 9.17) is 9.47 Å². The van der Waals surface area contributed by atoms with E-state index in [1.165, 1.54) is 12.1 Å². The molecule has 1 atom stereocenters. The number of carbonyl (C=O) groups is 1. The molecule has 2 rings (SSSR count). The van der Waals surface area contributed by atoms with E-state index < -0.39 is 0 Å². The Hall–Kier alpha value is -2.41. The van der Waals surface area contributed by atoms with E-state index in [-0.39, 0.29) is 30.1 Å². The van der Waals surface area contributed by atoms with Crippen LogP contribution in [0.5, 0.6) is 5.75 Å². The van der Waals surface area contributed by atoms with Gasteiger partial charge in [-0.3, -0.25) is 9.89 Å². The van der Waals surface area contributed by atoms with Crippen molar-refractivity contribution in [1.29, 1.82) is 0 Å². The summed E-state index contributed by atoms with van der Waals surface area (Å²) in [4.78, 5) is 12.1. The zero-order valence-electron chi connectivity index (χ0n) is 13.1. The average Bonchev–Trinajstić information content (AvgIpc) is 3.01. The third kappa shape index (κ3) is 5.07. The normalized spacial score (nSPS) is 12.0. The molecule has 0 unspecified atom stereocenters. The van der Waals surface area contributed by atoms with E-state index in [1.54, 1.807) is 25.3 Å². The van der Waals surface area contributed by atoms with Crippen molar-refractivity contribution in [1.82, 2.24) is 15.5 Å². The molecular weight excluding hydrogens is 301 g/mol. The Morgan fingerprint density at radius 1 is 1.43 bits per heavy atom. The summed E-state index contributed by atoms with van der Waals surface area (Å²) in [6.45, 7) is 2.58. The van der Waals surface area contributed by atoms with Gasteiger partial charge in [0.1, 0.15) is 23.9 Å². The van der Waals surface area contributed by atoms with Gasteiger partial charge in [-0.05, 0) is 24.6 Å². The molecule has 0 saturated carbocycles. The molecule has 23 heavy (non-hydrogen) atoms. The zero-order valence-corrected chi connectivity index (χ0v) is 13.1. The summed E-state index contributed by atoms with van der Waals surface area (Å²) in [7, 11) is 1.59. The average molecular weight is 321 g/mol. The molecule has 0 aliphatic heterocycles. The summed E-state index contributed by atoms with van der Waals surface area (Å²) < 4.78 is 23.5. The monoisotopic (exact) mass is 321 g/mol. The Balaban J connectivity index is 1.90. The van der Waals surface area contributed by atoms with Gasteiger partial charge in [0.15, 0.2) is 0 Å². The van der Waals surface area contributed by atoms with Crippen LogP contribution in [0.3, 0.4) is 0 Å². The van der Waals surface area contributed by atoms with Gasteiger partial charge < -0.3 is 14.8 Å². The van der Waals surface area contributed by atoms with Crippen molar-refractivity contribution >= 4 is 5.91 Å². The standard InChI is InChI=1S/C16H20FN3O3/c1-3-12(9-22-2)18-16(21)15-8-13(19-20-15)10-23-14-6-4-5-11(17)7-14/h4-8,12H,3,9-10H2,1-2H3,(H,18,21)(H,19,20)/t12-/m1/s1. The quantitative estimate of drug-likeness (QED) is 0.782. The predicted octanol–water partition coefficient (Wildman–Crippen LogP) is 2.28. The number of benzene rings is 1. The first-order valence-corrected chi connectivity index (χ1v) is 7.34. The van der Waals surface area contributed by atoms with Crippen LogP contribution in [0.25, 0.3) is 0 Å². The lowest BCUT2D eigenvalue weighted by molar-refractivity contribution is 0.0889. The number of hydrogen-bond donors (Lipinski definition) is 2. The van der Waals surface area contributed by atoms with Crippen molar-refractivity contribution in [3.8, 4) is 5.75 Å². The van der Waals surface area contributed by atoms with Crippen molar-refractivity contribution in [2.24, 2.45) is 0 Å². The number of halogens is 1. The summed E-state index contributed by atoms with van der Waals surface area (Å²) in [5.74, 6) is -0.227. The van der Waals surface area contributed by atoms with Crippen molar-refractivity contribution in [2.75, 3.05) is 13.7 Å². The van der Waals surface area contributed by atoms with Crippen LogP contribution in [0.4, 0.5) is 4.39 Å². The molecule has 6 nitrogen and oxygen atoms in total. The van der Waals surface area contributed by atoms with Crippen LogP contribution >= 0.6 is 0 Å². The number of hydrogen-bond acceptors (Lipinski definition) is 4. The molecular formula is C16H20FN3O3. The van der Waals surface area contributed by atoms with E-state index >= 15 is 0 Å². The molecule has 0 fully saturated rings. The predicted molar refractivity (Wildman–Crippen MR) is 82.7 cm³/mol. The third-order valence-electron chi connectivity index (χ3n) is 3.25. The highest BCUT2D eigenvalue weighted by Crippen LogP contribution is 2.13. The molecule has 0 bridgehead atoms. The first-order chi connectivity index (χ1) is 11.1. The maximum absolute atomic E-state index is 13.1. The number of nitrogens with one attached hydrogen (secondary N) is 2.